The molecule has 0 bridgehead atoms. The van der Waals surface area contributed by atoms with Gasteiger partial charge in [-0.3, -0.25) is 0 Å². The van der Waals surface area contributed by atoms with Crippen molar-refractivity contribution in [2.24, 2.45) is 0 Å². The Morgan fingerprint density at radius 2 is 2.06 bits per heavy atom. The van der Waals surface area contributed by atoms with Crippen molar-refractivity contribution in [3.05, 3.63) is 51.5 Å². The molecule has 1 aromatic carbocycles. The third kappa shape index (κ3) is 2.95. The molecular formula is C15H19NS. The minimum absolute atomic E-state index is 0.580. The highest BCUT2D eigenvalue weighted by Crippen LogP contribution is 2.23. The average molecular weight is 245 g/mol. The summed E-state index contributed by atoms with van der Waals surface area (Å²) in [4.78, 5) is 4.74. The highest BCUT2D eigenvalue weighted by molar-refractivity contribution is 7.09. The number of nitrogens with zero attached hydrogens (tertiary/aromatic N) is 1. The molecule has 2 heteroatoms. The SMILES string of the molecule is CCC(C)c1csc(Cc2ccccc2C)n1. The Hall–Kier alpha value is -1.15. The predicted molar refractivity (Wildman–Crippen MR) is 74.8 cm³/mol. The van der Waals surface area contributed by atoms with Crippen molar-refractivity contribution in [2.45, 2.75) is 39.5 Å². The van der Waals surface area contributed by atoms with E-state index in [0.29, 0.717) is 5.92 Å². The van der Waals surface area contributed by atoms with Crippen molar-refractivity contribution < 1.29 is 0 Å². The van der Waals surface area contributed by atoms with E-state index in [2.05, 4.69) is 50.4 Å². The van der Waals surface area contributed by atoms with Gasteiger partial charge in [0.05, 0.1) is 10.7 Å². The first-order chi connectivity index (χ1) is 8.20. The Balaban J connectivity index is 2.14. The molecule has 0 amide bonds. The summed E-state index contributed by atoms with van der Waals surface area (Å²) in [6, 6.07) is 8.55. The molecule has 0 N–H and O–H groups in total. The van der Waals surface area contributed by atoms with Gasteiger partial charge in [-0.1, -0.05) is 38.1 Å². The number of hydrogen-bond acceptors (Lipinski definition) is 2. The van der Waals surface area contributed by atoms with E-state index in [9.17, 15) is 0 Å². The Kier molecular flexibility index (Phi) is 3.95. The molecule has 0 aliphatic carbocycles. The fourth-order valence-corrected chi connectivity index (χ4v) is 2.75. The molecule has 0 fully saturated rings. The number of aromatic nitrogens is 1. The Labute approximate surface area is 108 Å². The number of benzene rings is 1. The molecule has 0 aliphatic heterocycles. The van der Waals surface area contributed by atoms with Gasteiger partial charge in [-0.2, -0.15) is 0 Å². The van der Waals surface area contributed by atoms with Gasteiger partial charge >= 0.3 is 0 Å². The third-order valence-corrected chi connectivity index (χ3v) is 4.16. The van der Waals surface area contributed by atoms with Gasteiger partial charge < -0.3 is 0 Å². The summed E-state index contributed by atoms with van der Waals surface area (Å²) < 4.78 is 0. The van der Waals surface area contributed by atoms with Crippen molar-refractivity contribution in [3.8, 4) is 0 Å². The summed E-state index contributed by atoms with van der Waals surface area (Å²) in [5.74, 6) is 0.580. The molecule has 2 aromatic rings. The molecule has 1 aromatic heterocycles. The summed E-state index contributed by atoms with van der Waals surface area (Å²) in [6.45, 7) is 6.62. The van der Waals surface area contributed by atoms with Crippen LogP contribution in [0.2, 0.25) is 0 Å². The molecule has 2 rings (SSSR count). The van der Waals surface area contributed by atoms with E-state index in [1.807, 2.05) is 0 Å². The largest absolute Gasteiger partial charge is 0.246 e. The molecule has 0 radical (unpaired) electrons. The van der Waals surface area contributed by atoms with Crippen LogP contribution in [0.15, 0.2) is 29.6 Å². The van der Waals surface area contributed by atoms with E-state index in [4.69, 9.17) is 4.98 Å². The monoisotopic (exact) mass is 245 g/mol. The number of aryl methyl sites for hydroxylation is 1. The summed E-state index contributed by atoms with van der Waals surface area (Å²) >= 11 is 1.79. The lowest BCUT2D eigenvalue weighted by atomic mass is 10.1. The van der Waals surface area contributed by atoms with E-state index >= 15 is 0 Å². The van der Waals surface area contributed by atoms with E-state index in [1.54, 1.807) is 11.3 Å². The standard InChI is InChI=1S/C15H19NS/c1-4-11(2)14-10-17-15(16-14)9-13-8-6-5-7-12(13)3/h5-8,10-11H,4,9H2,1-3H3. The topological polar surface area (TPSA) is 12.9 Å². The zero-order valence-corrected chi connectivity index (χ0v) is 11.6. The van der Waals surface area contributed by atoms with Crippen LogP contribution in [0.25, 0.3) is 0 Å². The molecule has 90 valence electrons. The lowest BCUT2D eigenvalue weighted by Gasteiger charge is -2.04. The van der Waals surface area contributed by atoms with Crippen LogP contribution in [0.1, 0.15) is 48.0 Å². The molecular weight excluding hydrogens is 226 g/mol. The first kappa shape index (κ1) is 12.3. The van der Waals surface area contributed by atoms with Crippen LogP contribution < -0.4 is 0 Å². The zero-order valence-electron chi connectivity index (χ0n) is 10.7. The Morgan fingerprint density at radius 1 is 1.29 bits per heavy atom. The maximum atomic E-state index is 4.74. The van der Waals surface area contributed by atoms with Crippen molar-refractivity contribution in [3.63, 3.8) is 0 Å². The van der Waals surface area contributed by atoms with Gasteiger partial charge in [-0.05, 0) is 30.4 Å². The van der Waals surface area contributed by atoms with Gasteiger partial charge in [0.2, 0.25) is 0 Å². The van der Waals surface area contributed by atoms with Crippen LogP contribution in [0.5, 0.6) is 0 Å². The minimum Gasteiger partial charge on any atom is -0.246 e. The van der Waals surface area contributed by atoms with Gasteiger partial charge in [0, 0.05) is 11.8 Å². The van der Waals surface area contributed by atoms with Gasteiger partial charge in [0.25, 0.3) is 0 Å². The minimum atomic E-state index is 0.580. The molecule has 1 heterocycles. The van der Waals surface area contributed by atoms with Crippen molar-refractivity contribution in [1.29, 1.82) is 0 Å². The summed E-state index contributed by atoms with van der Waals surface area (Å²) in [7, 11) is 0. The molecule has 1 unspecified atom stereocenters. The fourth-order valence-electron chi connectivity index (χ4n) is 1.81. The Bertz CT molecular complexity index is 487. The summed E-state index contributed by atoms with van der Waals surface area (Å²) in [6.07, 6.45) is 2.13. The first-order valence-electron chi connectivity index (χ1n) is 6.19. The van der Waals surface area contributed by atoms with E-state index in [-0.39, 0.29) is 0 Å². The molecule has 0 aliphatic rings. The van der Waals surface area contributed by atoms with Crippen molar-refractivity contribution >= 4 is 11.3 Å². The zero-order chi connectivity index (χ0) is 12.3. The maximum absolute atomic E-state index is 4.74. The van der Waals surface area contributed by atoms with Gasteiger partial charge in [0.1, 0.15) is 0 Å². The average Bonchev–Trinajstić information content (AvgIpc) is 2.80. The quantitative estimate of drug-likeness (QED) is 0.769. The maximum Gasteiger partial charge on any atom is 0.0972 e. The lowest BCUT2D eigenvalue weighted by molar-refractivity contribution is 0.710. The number of hydrogen-bond donors (Lipinski definition) is 0. The highest BCUT2D eigenvalue weighted by Gasteiger charge is 2.09. The smallest absolute Gasteiger partial charge is 0.0972 e. The van der Waals surface area contributed by atoms with Crippen molar-refractivity contribution in [2.75, 3.05) is 0 Å². The molecule has 0 saturated heterocycles. The summed E-state index contributed by atoms with van der Waals surface area (Å²) in [5.41, 5.74) is 3.99. The van der Waals surface area contributed by atoms with Crippen LogP contribution in [0, 0.1) is 6.92 Å². The van der Waals surface area contributed by atoms with Crippen LogP contribution in [-0.4, -0.2) is 4.98 Å². The van der Waals surface area contributed by atoms with Crippen molar-refractivity contribution in [1.82, 2.24) is 4.98 Å². The molecule has 17 heavy (non-hydrogen) atoms. The van der Waals surface area contributed by atoms with Crippen LogP contribution >= 0.6 is 11.3 Å². The highest BCUT2D eigenvalue weighted by atomic mass is 32.1. The van der Waals surface area contributed by atoms with E-state index in [0.717, 1.165) is 12.8 Å². The second-order valence-corrected chi connectivity index (χ2v) is 5.52. The van der Waals surface area contributed by atoms with Gasteiger partial charge in [-0.15, -0.1) is 11.3 Å². The van der Waals surface area contributed by atoms with Gasteiger partial charge in [-0.25, -0.2) is 4.98 Å². The van der Waals surface area contributed by atoms with Crippen LogP contribution in [0.3, 0.4) is 0 Å². The normalized spacial score (nSPS) is 12.6. The number of thiazole rings is 1. The lowest BCUT2D eigenvalue weighted by Crippen LogP contribution is -1.94. The van der Waals surface area contributed by atoms with Gasteiger partial charge in [0.15, 0.2) is 0 Å². The molecule has 1 nitrogen and oxygen atoms in total. The first-order valence-corrected chi connectivity index (χ1v) is 7.07. The van der Waals surface area contributed by atoms with E-state index in [1.165, 1.54) is 21.8 Å². The van der Waals surface area contributed by atoms with Crippen LogP contribution in [-0.2, 0) is 6.42 Å². The number of rotatable bonds is 4. The molecule has 0 spiro atoms. The predicted octanol–water partition coefficient (Wildman–Crippen LogP) is 4.56. The van der Waals surface area contributed by atoms with Crippen LogP contribution in [0.4, 0.5) is 0 Å². The molecule has 0 saturated carbocycles. The Morgan fingerprint density at radius 3 is 2.76 bits per heavy atom. The fraction of sp³-hybridized carbons (Fsp3) is 0.400. The third-order valence-electron chi connectivity index (χ3n) is 3.29. The molecule has 1 atom stereocenters. The second-order valence-electron chi connectivity index (χ2n) is 4.58. The summed E-state index contributed by atoms with van der Waals surface area (Å²) in [5, 5.41) is 3.44. The second kappa shape index (κ2) is 5.46. The van der Waals surface area contributed by atoms with E-state index < -0.39 is 0 Å².